The molecule has 1 aliphatic heterocycles. The molecule has 2 aromatic carbocycles. The lowest BCUT2D eigenvalue weighted by Crippen LogP contribution is -2.43. The molecule has 0 aliphatic carbocycles. The standard InChI is InChI=1S/C22H27BrClN3O2/c1-26-10-12-27(13-11-26)16-17-4-7-19(8-5-17)25-22(28)3-2-14-29-21-9-6-18(23)15-20(21)24/h4-9,15H,2-3,10-14,16H2,1H3,(H,25,28). The predicted octanol–water partition coefficient (Wildman–Crippen LogP) is 4.65. The maximum atomic E-state index is 12.2. The fourth-order valence-electron chi connectivity index (χ4n) is 3.19. The van der Waals surface area contributed by atoms with E-state index in [9.17, 15) is 4.79 Å². The molecule has 156 valence electrons. The van der Waals surface area contributed by atoms with Crippen LogP contribution < -0.4 is 10.1 Å². The van der Waals surface area contributed by atoms with Crippen LogP contribution in [0.3, 0.4) is 0 Å². The summed E-state index contributed by atoms with van der Waals surface area (Å²) in [6, 6.07) is 13.6. The van der Waals surface area contributed by atoms with Gasteiger partial charge < -0.3 is 15.0 Å². The number of nitrogens with zero attached hydrogens (tertiary/aromatic N) is 2. The number of anilines is 1. The van der Waals surface area contributed by atoms with Gasteiger partial charge in [0.2, 0.25) is 5.91 Å². The molecule has 7 heteroatoms. The maximum absolute atomic E-state index is 12.2. The van der Waals surface area contributed by atoms with Gasteiger partial charge in [-0.25, -0.2) is 0 Å². The fourth-order valence-corrected chi connectivity index (χ4v) is 3.92. The van der Waals surface area contributed by atoms with Crippen molar-refractivity contribution < 1.29 is 9.53 Å². The molecule has 1 heterocycles. The number of piperazine rings is 1. The summed E-state index contributed by atoms with van der Waals surface area (Å²) in [4.78, 5) is 17.0. The molecule has 3 rings (SSSR count). The zero-order valence-corrected chi connectivity index (χ0v) is 19.0. The van der Waals surface area contributed by atoms with Crippen molar-refractivity contribution in [3.63, 3.8) is 0 Å². The van der Waals surface area contributed by atoms with E-state index >= 15 is 0 Å². The number of likely N-dealkylation sites (N-methyl/N-ethyl adjacent to an activating group) is 1. The number of hydrogen-bond acceptors (Lipinski definition) is 4. The first-order valence-corrected chi connectivity index (χ1v) is 11.0. The second-order valence-electron chi connectivity index (χ2n) is 7.35. The highest BCUT2D eigenvalue weighted by atomic mass is 79.9. The molecule has 5 nitrogen and oxygen atoms in total. The van der Waals surface area contributed by atoms with Crippen LogP contribution in [0.4, 0.5) is 5.69 Å². The van der Waals surface area contributed by atoms with Crippen molar-refractivity contribution >= 4 is 39.1 Å². The Hall–Kier alpha value is -1.60. The van der Waals surface area contributed by atoms with Gasteiger partial charge in [-0.05, 0) is 49.4 Å². The van der Waals surface area contributed by atoms with Crippen LogP contribution in [0.15, 0.2) is 46.9 Å². The Morgan fingerprint density at radius 3 is 2.55 bits per heavy atom. The smallest absolute Gasteiger partial charge is 0.224 e. The number of carbonyl (C=O) groups is 1. The van der Waals surface area contributed by atoms with Crippen molar-refractivity contribution in [2.45, 2.75) is 19.4 Å². The molecule has 1 aliphatic rings. The summed E-state index contributed by atoms with van der Waals surface area (Å²) >= 11 is 9.48. The van der Waals surface area contributed by atoms with Gasteiger partial charge in [-0.3, -0.25) is 9.69 Å². The third-order valence-corrected chi connectivity index (χ3v) is 5.73. The van der Waals surface area contributed by atoms with E-state index in [2.05, 4.69) is 50.2 Å². The molecule has 29 heavy (non-hydrogen) atoms. The Bertz CT molecular complexity index is 808. The van der Waals surface area contributed by atoms with Crippen LogP contribution in [-0.2, 0) is 11.3 Å². The van der Waals surface area contributed by atoms with Crippen LogP contribution in [0.2, 0.25) is 5.02 Å². The predicted molar refractivity (Wildman–Crippen MR) is 122 cm³/mol. The Morgan fingerprint density at radius 2 is 1.86 bits per heavy atom. The van der Waals surface area contributed by atoms with Gasteiger partial charge in [0.25, 0.3) is 0 Å². The average molecular weight is 481 g/mol. The molecule has 1 saturated heterocycles. The second-order valence-corrected chi connectivity index (χ2v) is 8.67. The highest BCUT2D eigenvalue weighted by Crippen LogP contribution is 2.27. The fraction of sp³-hybridized carbons (Fsp3) is 0.409. The molecule has 0 atom stereocenters. The first kappa shape index (κ1) is 22.1. The van der Waals surface area contributed by atoms with Crippen LogP contribution >= 0.6 is 27.5 Å². The lowest BCUT2D eigenvalue weighted by Gasteiger charge is -2.32. The van der Waals surface area contributed by atoms with Crippen molar-refractivity contribution in [3.8, 4) is 5.75 Å². The van der Waals surface area contributed by atoms with E-state index < -0.39 is 0 Å². The van der Waals surface area contributed by atoms with E-state index in [1.54, 1.807) is 6.07 Å². The van der Waals surface area contributed by atoms with Crippen molar-refractivity contribution in [3.05, 3.63) is 57.5 Å². The number of nitrogens with one attached hydrogen (secondary N) is 1. The molecule has 1 amide bonds. The third-order valence-electron chi connectivity index (χ3n) is 4.94. The molecular weight excluding hydrogens is 454 g/mol. The van der Waals surface area contributed by atoms with E-state index in [-0.39, 0.29) is 5.91 Å². The second kappa shape index (κ2) is 11.0. The molecule has 0 bridgehead atoms. The first-order valence-electron chi connectivity index (χ1n) is 9.87. The molecule has 2 aromatic rings. The molecule has 0 saturated carbocycles. The SMILES string of the molecule is CN1CCN(Cc2ccc(NC(=O)CCCOc3ccc(Br)cc3Cl)cc2)CC1. The van der Waals surface area contributed by atoms with Gasteiger partial charge in [0.15, 0.2) is 0 Å². The zero-order chi connectivity index (χ0) is 20.6. The molecule has 0 unspecified atom stereocenters. The van der Waals surface area contributed by atoms with E-state index in [1.807, 2.05) is 24.3 Å². The summed E-state index contributed by atoms with van der Waals surface area (Å²) in [6.45, 7) is 5.83. The Morgan fingerprint density at radius 1 is 1.14 bits per heavy atom. The van der Waals surface area contributed by atoms with E-state index in [1.165, 1.54) is 5.56 Å². The van der Waals surface area contributed by atoms with Crippen LogP contribution in [-0.4, -0.2) is 55.5 Å². The molecule has 0 radical (unpaired) electrons. The van der Waals surface area contributed by atoms with Crippen LogP contribution in [0.5, 0.6) is 5.75 Å². The molecule has 1 fully saturated rings. The lowest BCUT2D eigenvalue weighted by molar-refractivity contribution is -0.116. The van der Waals surface area contributed by atoms with Gasteiger partial charge in [0.05, 0.1) is 11.6 Å². The molecule has 1 N–H and O–H groups in total. The number of ether oxygens (including phenoxy) is 1. The summed E-state index contributed by atoms with van der Waals surface area (Å²) in [7, 11) is 2.16. The highest BCUT2D eigenvalue weighted by Gasteiger charge is 2.13. The van der Waals surface area contributed by atoms with Crippen molar-refractivity contribution in [1.82, 2.24) is 9.80 Å². The zero-order valence-electron chi connectivity index (χ0n) is 16.7. The Balaban J connectivity index is 1.36. The van der Waals surface area contributed by atoms with Crippen molar-refractivity contribution in [1.29, 1.82) is 0 Å². The van der Waals surface area contributed by atoms with E-state index in [0.717, 1.165) is 42.9 Å². The normalized spacial score (nSPS) is 15.3. The molecular formula is C22H27BrClN3O2. The average Bonchev–Trinajstić information content (AvgIpc) is 2.70. The topological polar surface area (TPSA) is 44.8 Å². The first-order chi connectivity index (χ1) is 14.0. The largest absolute Gasteiger partial charge is 0.492 e. The van der Waals surface area contributed by atoms with Gasteiger partial charge in [-0.2, -0.15) is 0 Å². The highest BCUT2D eigenvalue weighted by molar-refractivity contribution is 9.10. The number of rotatable bonds is 8. The Kier molecular flexibility index (Phi) is 8.36. The third kappa shape index (κ3) is 7.30. The van der Waals surface area contributed by atoms with E-state index in [4.69, 9.17) is 16.3 Å². The summed E-state index contributed by atoms with van der Waals surface area (Å²) in [5, 5.41) is 3.51. The molecule has 0 spiro atoms. The number of carbonyl (C=O) groups excluding carboxylic acids is 1. The van der Waals surface area contributed by atoms with Gasteiger partial charge >= 0.3 is 0 Å². The maximum Gasteiger partial charge on any atom is 0.224 e. The van der Waals surface area contributed by atoms with Gasteiger partial charge in [0, 0.05) is 49.3 Å². The van der Waals surface area contributed by atoms with Crippen LogP contribution in [0, 0.1) is 0 Å². The van der Waals surface area contributed by atoms with Gasteiger partial charge in [0.1, 0.15) is 5.75 Å². The van der Waals surface area contributed by atoms with Crippen LogP contribution in [0.1, 0.15) is 18.4 Å². The monoisotopic (exact) mass is 479 g/mol. The Labute approximate surface area is 186 Å². The number of amides is 1. The molecule has 0 aromatic heterocycles. The van der Waals surface area contributed by atoms with Gasteiger partial charge in [-0.1, -0.05) is 39.7 Å². The number of halogens is 2. The summed E-state index contributed by atoms with van der Waals surface area (Å²) in [5.41, 5.74) is 2.10. The van der Waals surface area contributed by atoms with Crippen molar-refractivity contribution in [2.24, 2.45) is 0 Å². The minimum Gasteiger partial charge on any atom is -0.492 e. The minimum atomic E-state index is -0.0117. The van der Waals surface area contributed by atoms with Gasteiger partial charge in [-0.15, -0.1) is 0 Å². The summed E-state index contributed by atoms with van der Waals surface area (Å²) in [5.74, 6) is 0.619. The quantitative estimate of drug-likeness (QED) is 0.559. The minimum absolute atomic E-state index is 0.0117. The number of benzene rings is 2. The summed E-state index contributed by atoms with van der Waals surface area (Å²) < 4.78 is 6.55. The van der Waals surface area contributed by atoms with Crippen LogP contribution in [0.25, 0.3) is 0 Å². The van der Waals surface area contributed by atoms with E-state index in [0.29, 0.717) is 30.2 Å². The lowest BCUT2D eigenvalue weighted by atomic mass is 10.1. The van der Waals surface area contributed by atoms with Crippen molar-refractivity contribution in [2.75, 3.05) is 45.2 Å². The summed E-state index contributed by atoms with van der Waals surface area (Å²) in [6.07, 6.45) is 1.02. The number of hydrogen-bond donors (Lipinski definition) is 1.